The van der Waals surface area contributed by atoms with Gasteiger partial charge < -0.3 is 4.42 Å². The van der Waals surface area contributed by atoms with Crippen LogP contribution in [0.25, 0.3) is 61.4 Å². The lowest BCUT2D eigenvalue weighted by molar-refractivity contribution is 0.617. The van der Waals surface area contributed by atoms with Gasteiger partial charge in [0.1, 0.15) is 12.1 Å². The van der Waals surface area contributed by atoms with Gasteiger partial charge in [-0.25, -0.2) is 14.5 Å². The minimum absolute atomic E-state index is 0.544. The van der Waals surface area contributed by atoms with Crippen molar-refractivity contribution in [2.75, 3.05) is 0 Å². The van der Waals surface area contributed by atoms with Crippen LogP contribution in [0.15, 0.2) is 114 Å². The van der Waals surface area contributed by atoms with Gasteiger partial charge in [0.25, 0.3) is 0 Å². The Kier molecular flexibility index (Phi) is 4.08. The SMILES string of the molecule is c1ccc(-c2oc3ncn4nc(-c5cccc6ccccc56)nc4c3c2-c2ccccc2)cc1. The molecule has 0 radical (unpaired) electrons. The van der Waals surface area contributed by atoms with Gasteiger partial charge in [0, 0.05) is 16.7 Å². The Morgan fingerprint density at radius 2 is 1.38 bits per heavy atom. The molecular formula is C29H18N4O. The highest BCUT2D eigenvalue weighted by atomic mass is 16.3. The van der Waals surface area contributed by atoms with Gasteiger partial charge in [0.2, 0.25) is 5.71 Å². The van der Waals surface area contributed by atoms with Crippen molar-refractivity contribution >= 4 is 27.5 Å². The molecule has 0 N–H and O–H groups in total. The highest BCUT2D eigenvalue weighted by molar-refractivity contribution is 6.07. The number of furan rings is 1. The van der Waals surface area contributed by atoms with Crippen LogP contribution < -0.4 is 0 Å². The molecule has 0 aliphatic rings. The molecule has 0 saturated heterocycles. The molecule has 5 heteroatoms. The molecule has 0 saturated carbocycles. The molecule has 5 nitrogen and oxygen atoms in total. The van der Waals surface area contributed by atoms with Crippen molar-refractivity contribution in [1.29, 1.82) is 0 Å². The first-order chi connectivity index (χ1) is 16.9. The van der Waals surface area contributed by atoms with Crippen molar-refractivity contribution < 1.29 is 4.42 Å². The van der Waals surface area contributed by atoms with Gasteiger partial charge in [0.05, 0.1) is 5.39 Å². The summed E-state index contributed by atoms with van der Waals surface area (Å²) in [5, 5.41) is 7.93. The minimum Gasteiger partial charge on any atom is -0.437 e. The summed E-state index contributed by atoms with van der Waals surface area (Å²) in [6, 6.07) is 34.8. The predicted octanol–water partition coefficient (Wildman–Crippen LogP) is 7.02. The molecule has 0 atom stereocenters. The van der Waals surface area contributed by atoms with E-state index < -0.39 is 0 Å². The minimum atomic E-state index is 0.544. The third kappa shape index (κ3) is 2.84. The highest BCUT2D eigenvalue weighted by Crippen LogP contribution is 2.41. The number of nitrogens with zero attached hydrogens (tertiary/aromatic N) is 4. The van der Waals surface area contributed by atoms with Crippen molar-refractivity contribution in [3.05, 3.63) is 109 Å². The summed E-state index contributed by atoms with van der Waals surface area (Å²) in [6.45, 7) is 0. The van der Waals surface area contributed by atoms with Crippen LogP contribution in [-0.4, -0.2) is 19.6 Å². The van der Waals surface area contributed by atoms with Crippen molar-refractivity contribution in [3.63, 3.8) is 0 Å². The molecule has 3 aromatic heterocycles. The van der Waals surface area contributed by atoms with E-state index in [9.17, 15) is 0 Å². The van der Waals surface area contributed by atoms with Crippen LogP contribution in [0, 0.1) is 0 Å². The van der Waals surface area contributed by atoms with Gasteiger partial charge in [-0.15, -0.1) is 5.10 Å². The first-order valence-electron chi connectivity index (χ1n) is 11.1. The predicted molar refractivity (Wildman–Crippen MR) is 134 cm³/mol. The zero-order chi connectivity index (χ0) is 22.5. The first kappa shape index (κ1) is 18.8. The molecule has 4 aromatic carbocycles. The van der Waals surface area contributed by atoms with E-state index in [1.165, 1.54) is 0 Å². The zero-order valence-electron chi connectivity index (χ0n) is 18.1. The first-order valence-corrected chi connectivity index (χ1v) is 11.1. The maximum atomic E-state index is 6.34. The summed E-state index contributed by atoms with van der Waals surface area (Å²) in [5.41, 5.74) is 5.26. The van der Waals surface area contributed by atoms with Crippen molar-refractivity contribution in [3.8, 4) is 33.8 Å². The average Bonchev–Trinajstić information content (AvgIpc) is 3.51. The Morgan fingerprint density at radius 3 is 2.21 bits per heavy atom. The molecule has 0 fully saturated rings. The molecule has 160 valence electrons. The van der Waals surface area contributed by atoms with Gasteiger partial charge in [-0.3, -0.25) is 0 Å². The molecule has 0 spiro atoms. The fourth-order valence-corrected chi connectivity index (χ4v) is 4.61. The number of hydrogen-bond donors (Lipinski definition) is 0. The Hall–Kier alpha value is -4.77. The van der Waals surface area contributed by atoms with E-state index >= 15 is 0 Å². The monoisotopic (exact) mass is 438 g/mol. The van der Waals surface area contributed by atoms with Gasteiger partial charge in [-0.1, -0.05) is 103 Å². The van der Waals surface area contributed by atoms with Gasteiger partial charge >= 0.3 is 0 Å². The quantitative estimate of drug-likeness (QED) is 0.297. The molecule has 7 rings (SSSR count). The van der Waals surface area contributed by atoms with Crippen LogP contribution in [0.1, 0.15) is 0 Å². The number of benzene rings is 4. The summed E-state index contributed by atoms with van der Waals surface area (Å²) in [5.74, 6) is 1.43. The normalized spacial score (nSPS) is 11.5. The second-order valence-corrected chi connectivity index (χ2v) is 8.19. The third-order valence-electron chi connectivity index (χ3n) is 6.16. The smallest absolute Gasteiger partial charge is 0.232 e. The summed E-state index contributed by atoms with van der Waals surface area (Å²) in [6.07, 6.45) is 1.67. The average molecular weight is 438 g/mol. The van der Waals surface area contributed by atoms with Gasteiger partial charge in [-0.05, 0) is 16.3 Å². The summed E-state index contributed by atoms with van der Waals surface area (Å²) < 4.78 is 8.09. The van der Waals surface area contributed by atoms with E-state index in [1.54, 1.807) is 10.8 Å². The van der Waals surface area contributed by atoms with Crippen LogP contribution in [0.4, 0.5) is 0 Å². The van der Waals surface area contributed by atoms with Crippen molar-refractivity contribution in [2.45, 2.75) is 0 Å². The number of hydrogen-bond acceptors (Lipinski definition) is 4. The molecule has 3 heterocycles. The van der Waals surface area contributed by atoms with Crippen LogP contribution in [0.2, 0.25) is 0 Å². The van der Waals surface area contributed by atoms with Crippen LogP contribution >= 0.6 is 0 Å². The lowest BCUT2D eigenvalue weighted by Crippen LogP contribution is -1.90. The molecular weight excluding hydrogens is 420 g/mol. The summed E-state index contributed by atoms with van der Waals surface area (Å²) in [4.78, 5) is 9.61. The fourth-order valence-electron chi connectivity index (χ4n) is 4.61. The van der Waals surface area contributed by atoms with Crippen LogP contribution in [0.3, 0.4) is 0 Å². The Bertz CT molecular complexity index is 1800. The van der Waals surface area contributed by atoms with Crippen molar-refractivity contribution in [1.82, 2.24) is 19.6 Å². The lowest BCUT2D eigenvalue weighted by Gasteiger charge is -2.03. The van der Waals surface area contributed by atoms with Crippen LogP contribution in [-0.2, 0) is 0 Å². The summed E-state index contributed by atoms with van der Waals surface area (Å²) >= 11 is 0. The molecule has 0 amide bonds. The van der Waals surface area contributed by atoms with E-state index in [0.29, 0.717) is 11.5 Å². The lowest BCUT2D eigenvalue weighted by atomic mass is 9.99. The van der Waals surface area contributed by atoms with E-state index in [-0.39, 0.29) is 0 Å². The fraction of sp³-hybridized carbons (Fsp3) is 0. The molecule has 7 aromatic rings. The second-order valence-electron chi connectivity index (χ2n) is 8.19. The standard InChI is InChI=1S/C29H18N4O/c1-3-11-20(12-4-1)24-25-28-31-27(23-17-9-15-19-10-7-8-16-22(19)23)32-33(28)18-30-29(25)34-26(24)21-13-5-2-6-14-21/h1-18H. The van der Waals surface area contributed by atoms with Gasteiger partial charge in [0.15, 0.2) is 11.5 Å². The highest BCUT2D eigenvalue weighted by Gasteiger charge is 2.23. The summed E-state index contributed by atoms with van der Waals surface area (Å²) in [7, 11) is 0. The van der Waals surface area contributed by atoms with E-state index in [2.05, 4.69) is 41.4 Å². The molecule has 0 aliphatic heterocycles. The molecule has 0 aliphatic carbocycles. The largest absolute Gasteiger partial charge is 0.437 e. The van der Waals surface area contributed by atoms with E-state index in [1.807, 2.05) is 66.7 Å². The number of aromatic nitrogens is 4. The van der Waals surface area contributed by atoms with Gasteiger partial charge in [-0.2, -0.15) is 0 Å². The number of fused-ring (bicyclic) bond motifs is 4. The van der Waals surface area contributed by atoms with Crippen molar-refractivity contribution in [2.24, 2.45) is 0 Å². The maximum absolute atomic E-state index is 6.34. The van der Waals surface area contributed by atoms with E-state index in [4.69, 9.17) is 14.5 Å². The van der Waals surface area contributed by atoms with Crippen LogP contribution in [0.5, 0.6) is 0 Å². The maximum Gasteiger partial charge on any atom is 0.232 e. The molecule has 0 bridgehead atoms. The Morgan fingerprint density at radius 1 is 0.676 bits per heavy atom. The third-order valence-corrected chi connectivity index (χ3v) is 6.16. The second kappa shape index (κ2) is 7.39. The Labute approximate surface area is 195 Å². The zero-order valence-corrected chi connectivity index (χ0v) is 18.1. The molecule has 34 heavy (non-hydrogen) atoms. The van der Waals surface area contributed by atoms with E-state index in [0.717, 1.165) is 49.8 Å². The number of rotatable bonds is 3. The topological polar surface area (TPSA) is 56.2 Å². The Balaban J connectivity index is 1.56. The molecule has 0 unspecified atom stereocenters.